The Hall–Kier alpha value is -3.08. The van der Waals surface area contributed by atoms with Crippen LogP contribution < -0.4 is 19.7 Å². The molecule has 2 aromatic rings. The van der Waals surface area contributed by atoms with Gasteiger partial charge in [-0.1, -0.05) is 0 Å². The Morgan fingerprint density at radius 1 is 1.16 bits per heavy atom. The normalized spacial score (nSPS) is 15.4. The van der Waals surface area contributed by atoms with Gasteiger partial charge in [0, 0.05) is 24.5 Å². The van der Waals surface area contributed by atoms with Crippen LogP contribution in [0.2, 0.25) is 0 Å². The molecule has 0 spiro atoms. The molecule has 1 aromatic carbocycles. The van der Waals surface area contributed by atoms with E-state index in [1.54, 1.807) is 16.8 Å². The average Bonchev–Trinajstić information content (AvgIpc) is 3.04. The third-order valence-electron chi connectivity index (χ3n) is 4.97. The number of hydrogen-bond acceptors (Lipinski definition) is 6. The largest absolute Gasteiger partial charge is 0.495 e. The van der Waals surface area contributed by atoms with Crippen LogP contribution in [0.4, 0.5) is 11.4 Å². The first-order valence-corrected chi connectivity index (χ1v) is 11.6. The number of aromatic nitrogens is 2. The second-order valence-electron chi connectivity index (χ2n) is 7.34. The molecular weight excluding hydrogens is 422 g/mol. The molecule has 1 aliphatic rings. The molecule has 168 valence electrons. The number of ether oxygens (including phenoxy) is 1. The van der Waals surface area contributed by atoms with Crippen molar-refractivity contribution in [3.63, 3.8) is 0 Å². The molecule has 0 bridgehead atoms. The number of anilines is 2. The van der Waals surface area contributed by atoms with Gasteiger partial charge in [0.25, 0.3) is 0 Å². The van der Waals surface area contributed by atoms with E-state index in [0.29, 0.717) is 36.6 Å². The summed E-state index contributed by atoms with van der Waals surface area (Å²) in [5.74, 6) is -1.20. The summed E-state index contributed by atoms with van der Waals surface area (Å²) in [5.41, 5.74) is 2.49. The highest BCUT2D eigenvalue weighted by Crippen LogP contribution is 2.35. The standard InChI is InChI=1S/C20H27N5O5S/c1-14-12-15(2)24(23-14)10-8-21-19(26)20(27)22-16-6-7-18(30-3)17(13-16)25-9-4-5-11-31(25,28)29/h6-7,12-13H,4-5,8-11H2,1-3H3,(H,21,26)(H,22,27). The van der Waals surface area contributed by atoms with Crippen LogP contribution in [-0.2, 0) is 26.2 Å². The summed E-state index contributed by atoms with van der Waals surface area (Å²) in [7, 11) is -2.01. The Bertz CT molecular complexity index is 1080. The lowest BCUT2D eigenvalue weighted by Crippen LogP contribution is -2.38. The van der Waals surface area contributed by atoms with E-state index in [1.807, 2.05) is 19.9 Å². The van der Waals surface area contributed by atoms with Gasteiger partial charge >= 0.3 is 11.8 Å². The van der Waals surface area contributed by atoms with E-state index in [2.05, 4.69) is 15.7 Å². The Balaban J connectivity index is 1.65. The Labute approximate surface area is 181 Å². The fourth-order valence-electron chi connectivity index (χ4n) is 3.47. The summed E-state index contributed by atoms with van der Waals surface area (Å²) in [6, 6.07) is 6.55. The molecule has 3 rings (SSSR count). The molecule has 2 N–H and O–H groups in total. The molecular formula is C20H27N5O5S. The van der Waals surface area contributed by atoms with Crippen molar-refractivity contribution in [2.45, 2.75) is 33.2 Å². The SMILES string of the molecule is COc1ccc(NC(=O)C(=O)NCCn2nc(C)cc2C)cc1N1CCCCS1(=O)=O. The van der Waals surface area contributed by atoms with E-state index in [1.165, 1.54) is 17.5 Å². The lowest BCUT2D eigenvalue weighted by atomic mass is 10.2. The third kappa shape index (κ3) is 5.35. The fraction of sp³-hybridized carbons (Fsp3) is 0.450. The van der Waals surface area contributed by atoms with Crippen molar-refractivity contribution in [2.24, 2.45) is 0 Å². The molecule has 1 aromatic heterocycles. The topological polar surface area (TPSA) is 123 Å². The van der Waals surface area contributed by atoms with Gasteiger partial charge in [-0.2, -0.15) is 5.10 Å². The predicted octanol–water partition coefficient (Wildman–Crippen LogP) is 1.19. The Morgan fingerprint density at radius 2 is 1.94 bits per heavy atom. The number of methoxy groups -OCH3 is 1. The third-order valence-corrected chi connectivity index (χ3v) is 6.83. The lowest BCUT2D eigenvalue weighted by molar-refractivity contribution is -0.136. The minimum Gasteiger partial charge on any atom is -0.495 e. The Morgan fingerprint density at radius 3 is 2.58 bits per heavy atom. The first-order valence-electron chi connectivity index (χ1n) is 10.00. The van der Waals surface area contributed by atoms with Gasteiger partial charge in [-0.05, 0) is 51.0 Å². The molecule has 0 aliphatic carbocycles. The van der Waals surface area contributed by atoms with E-state index in [-0.39, 0.29) is 12.3 Å². The first kappa shape index (κ1) is 22.6. The maximum atomic E-state index is 12.5. The zero-order valence-electron chi connectivity index (χ0n) is 17.8. The summed E-state index contributed by atoms with van der Waals surface area (Å²) in [6.45, 7) is 4.82. The molecule has 2 heterocycles. The lowest BCUT2D eigenvalue weighted by Gasteiger charge is -2.29. The summed E-state index contributed by atoms with van der Waals surface area (Å²) in [4.78, 5) is 24.4. The Kier molecular flexibility index (Phi) is 6.84. The molecule has 11 heteroatoms. The van der Waals surface area contributed by atoms with Gasteiger partial charge < -0.3 is 15.4 Å². The minimum atomic E-state index is -3.46. The number of aryl methyl sites for hydroxylation is 2. The van der Waals surface area contributed by atoms with Crippen LogP contribution in [0, 0.1) is 13.8 Å². The minimum absolute atomic E-state index is 0.0599. The van der Waals surface area contributed by atoms with Crippen LogP contribution in [0.3, 0.4) is 0 Å². The van der Waals surface area contributed by atoms with E-state index >= 15 is 0 Å². The van der Waals surface area contributed by atoms with Crippen molar-refractivity contribution in [3.8, 4) is 5.75 Å². The molecule has 0 unspecified atom stereocenters. The van der Waals surface area contributed by atoms with Crippen LogP contribution in [0.1, 0.15) is 24.2 Å². The monoisotopic (exact) mass is 449 g/mol. The molecule has 10 nitrogen and oxygen atoms in total. The van der Waals surface area contributed by atoms with E-state index in [4.69, 9.17) is 4.74 Å². The van der Waals surface area contributed by atoms with Crippen molar-refractivity contribution >= 4 is 33.2 Å². The molecule has 31 heavy (non-hydrogen) atoms. The van der Waals surface area contributed by atoms with Crippen molar-refractivity contribution in [1.82, 2.24) is 15.1 Å². The summed E-state index contributed by atoms with van der Waals surface area (Å²) in [5, 5.41) is 9.37. The average molecular weight is 450 g/mol. The zero-order valence-corrected chi connectivity index (χ0v) is 18.7. The second kappa shape index (κ2) is 9.38. The van der Waals surface area contributed by atoms with E-state index in [0.717, 1.165) is 17.8 Å². The zero-order chi connectivity index (χ0) is 22.6. The summed E-state index contributed by atoms with van der Waals surface area (Å²) in [6.07, 6.45) is 1.34. The van der Waals surface area contributed by atoms with Crippen molar-refractivity contribution in [3.05, 3.63) is 35.7 Å². The highest BCUT2D eigenvalue weighted by Gasteiger charge is 2.28. The number of carbonyl (C=O) groups excluding carboxylic acids is 2. The number of carbonyl (C=O) groups is 2. The maximum Gasteiger partial charge on any atom is 0.313 e. The van der Waals surface area contributed by atoms with Crippen LogP contribution in [0.15, 0.2) is 24.3 Å². The summed E-state index contributed by atoms with van der Waals surface area (Å²) >= 11 is 0. The quantitative estimate of drug-likeness (QED) is 0.639. The number of benzene rings is 1. The van der Waals surface area contributed by atoms with Gasteiger partial charge in [0.15, 0.2) is 0 Å². The predicted molar refractivity (Wildman–Crippen MR) is 117 cm³/mol. The number of nitrogens with one attached hydrogen (secondary N) is 2. The number of hydrogen-bond donors (Lipinski definition) is 2. The van der Waals surface area contributed by atoms with Crippen molar-refractivity contribution in [2.75, 3.05) is 35.6 Å². The highest BCUT2D eigenvalue weighted by atomic mass is 32.2. The van der Waals surface area contributed by atoms with Crippen LogP contribution in [0.25, 0.3) is 0 Å². The van der Waals surface area contributed by atoms with Gasteiger partial charge in [-0.3, -0.25) is 18.6 Å². The number of amides is 2. The smallest absolute Gasteiger partial charge is 0.313 e. The van der Waals surface area contributed by atoms with E-state index < -0.39 is 21.8 Å². The van der Waals surface area contributed by atoms with Gasteiger partial charge in [-0.25, -0.2) is 8.42 Å². The van der Waals surface area contributed by atoms with Gasteiger partial charge in [-0.15, -0.1) is 0 Å². The van der Waals surface area contributed by atoms with Crippen LogP contribution >= 0.6 is 0 Å². The molecule has 0 saturated carbocycles. The van der Waals surface area contributed by atoms with Crippen LogP contribution in [0.5, 0.6) is 5.75 Å². The van der Waals surface area contributed by atoms with Gasteiger partial charge in [0.1, 0.15) is 5.75 Å². The maximum absolute atomic E-state index is 12.5. The van der Waals surface area contributed by atoms with Crippen LogP contribution in [-0.4, -0.2) is 56.0 Å². The highest BCUT2D eigenvalue weighted by molar-refractivity contribution is 7.92. The molecule has 1 fully saturated rings. The van der Waals surface area contributed by atoms with Crippen molar-refractivity contribution in [1.29, 1.82) is 0 Å². The number of rotatable bonds is 6. The van der Waals surface area contributed by atoms with Gasteiger partial charge in [0.2, 0.25) is 10.0 Å². The molecule has 1 saturated heterocycles. The first-order chi connectivity index (χ1) is 14.7. The fourth-order valence-corrected chi connectivity index (χ4v) is 5.11. The second-order valence-corrected chi connectivity index (χ2v) is 9.35. The molecule has 1 aliphatic heterocycles. The number of sulfonamides is 1. The molecule has 2 amide bonds. The number of nitrogens with zero attached hydrogens (tertiary/aromatic N) is 3. The summed E-state index contributed by atoms with van der Waals surface area (Å²) < 4.78 is 33.3. The molecule has 0 radical (unpaired) electrons. The molecule has 0 atom stereocenters. The van der Waals surface area contributed by atoms with Crippen molar-refractivity contribution < 1.29 is 22.7 Å². The van der Waals surface area contributed by atoms with E-state index in [9.17, 15) is 18.0 Å². The van der Waals surface area contributed by atoms with Gasteiger partial charge in [0.05, 0.1) is 30.8 Å².